The summed E-state index contributed by atoms with van der Waals surface area (Å²) in [6, 6.07) is 10.8. The van der Waals surface area contributed by atoms with E-state index in [1.807, 2.05) is 4.90 Å². The Labute approximate surface area is 192 Å². The molecule has 0 radical (unpaired) electrons. The van der Waals surface area contributed by atoms with Crippen LogP contribution in [0.5, 0.6) is 5.75 Å². The number of amides is 2. The van der Waals surface area contributed by atoms with Gasteiger partial charge in [0.15, 0.2) is 0 Å². The lowest BCUT2D eigenvalue weighted by atomic mass is 9.75. The first-order valence-corrected chi connectivity index (χ1v) is 11.6. The summed E-state index contributed by atoms with van der Waals surface area (Å²) in [5.41, 5.74) is 0.729. The minimum absolute atomic E-state index is 0.0907. The number of carbonyl (C=O) groups excluding carboxylic acids is 2. The lowest BCUT2D eigenvalue weighted by Crippen LogP contribution is -2.51. The van der Waals surface area contributed by atoms with Gasteiger partial charge in [0.2, 0.25) is 0 Å². The Hall–Kier alpha value is -2.60. The van der Waals surface area contributed by atoms with E-state index in [0.29, 0.717) is 48.1 Å². The highest BCUT2D eigenvalue weighted by molar-refractivity contribution is 6.31. The normalized spacial score (nSPS) is 22.2. The molecule has 1 unspecified atom stereocenters. The molecule has 2 aromatic rings. The van der Waals surface area contributed by atoms with Gasteiger partial charge in [0, 0.05) is 35.6 Å². The quantitative estimate of drug-likeness (QED) is 0.648. The van der Waals surface area contributed by atoms with Crippen LogP contribution in [0.1, 0.15) is 59.2 Å². The highest BCUT2D eigenvalue weighted by Gasteiger charge is 2.37. The van der Waals surface area contributed by atoms with Gasteiger partial charge in [-0.3, -0.25) is 9.59 Å². The van der Waals surface area contributed by atoms with Gasteiger partial charge in [0.25, 0.3) is 11.8 Å². The fraction of sp³-hybridized carbons (Fsp3) is 0.440. The van der Waals surface area contributed by atoms with E-state index in [4.69, 9.17) is 16.3 Å². The van der Waals surface area contributed by atoms with Crippen molar-refractivity contribution in [3.8, 4) is 5.75 Å². The molecule has 2 heterocycles. The van der Waals surface area contributed by atoms with Crippen molar-refractivity contribution >= 4 is 23.4 Å². The summed E-state index contributed by atoms with van der Waals surface area (Å²) in [7, 11) is 0. The van der Waals surface area contributed by atoms with E-state index >= 15 is 0 Å². The SMILES string of the molecule is O=C1NCC2(CCCCCOc3ccc(Cl)cc31)CCCN(C(=O)c1ccc(F)cc1)C2. The second-order valence-electron chi connectivity index (χ2n) is 8.82. The van der Waals surface area contributed by atoms with Crippen LogP contribution in [-0.4, -0.2) is 43.0 Å². The van der Waals surface area contributed by atoms with Crippen molar-refractivity contribution in [2.45, 2.75) is 38.5 Å². The number of carbonyl (C=O) groups is 2. The average molecular weight is 459 g/mol. The summed E-state index contributed by atoms with van der Waals surface area (Å²) in [6.07, 6.45) is 5.66. The fourth-order valence-electron chi connectivity index (χ4n) is 4.72. The summed E-state index contributed by atoms with van der Waals surface area (Å²) in [4.78, 5) is 27.9. The van der Waals surface area contributed by atoms with Crippen LogP contribution in [-0.2, 0) is 0 Å². The molecule has 0 aromatic heterocycles. The minimum Gasteiger partial charge on any atom is -0.493 e. The molecule has 0 saturated carbocycles. The third kappa shape index (κ3) is 5.23. The van der Waals surface area contributed by atoms with Gasteiger partial charge >= 0.3 is 0 Å². The third-order valence-electron chi connectivity index (χ3n) is 6.46. The van der Waals surface area contributed by atoms with Gasteiger partial charge in [-0.1, -0.05) is 24.4 Å². The van der Waals surface area contributed by atoms with Crippen LogP contribution in [0.25, 0.3) is 0 Å². The molecule has 5 nitrogen and oxygen atoms in total. The van der Waals surface area contributed by atoms with E-state index < -0.39 is 0 Å². The molecular weight excluding hydrogens is 431 g/mol. The molecule has 2 aromatic carbocycles. The first-order valence-electron chi connectivity index (χ1n) is 11.2. The van der Waals surface area contributed by atoms with Gasteiger partial charge in [-0.25, -0.2) is 4.39 Å². The highest BCUT2D eigenvalue weighted by atomic mass is 35.5. The number of nitrogens with one attached hydrogen (secondary N) is 1. The Kier molecular flexibility index (Phi) is 6.99. The summed E-state index contributed by atoms with van der Waals surface area (Å²) in [6.45, 7) is 2.26. The smallest absolute Gasteiger partial charge is 0.255 e. The summed E-state index contributed by atoms with van der Waals surface area (Å²) >= 11 is 6.13. The summed E-state index contributed by atoms with van der Waals surface area (Å²) < 4.78 is 19.1. The fourth-order valence-corrected chi connectivity index (χ4v) is 4.89. The maximum Gasteiger partial charge on any atom is 0.255 e. The largest absolute Gasteiger partial charge is 0.493 e. The molecule has 0 bridgehead atoms. The van der Waals surface area contributed by atoms with Crippen molar-refractivity contribution in [2.24, 2.45) is 5.41 Å². The zero-order valence-corrected chi connectivity index (χ0v) is 18.8. The number of fused-ring (bicyclic) bond motifs is 1. The molecule has 1 saturated heterocycles. The van der Waals surface area contributed by atoms with Crippen LogP contribution < -0.4 is 10.1 Å². The van der Waals surface area contributed by atoms with E-state index in [1.54, 1.807) is 18.2 Å². The van der Waals surface area contributed by atoms with E-state index in [9.17, 15) is 14.0 Å². The second-order valence-corrected chi connectivity index (χ2v) is 9.26. The molecule has 2 amide bonds. The monoisotopic (exact) mass is 458 g/mol. The Balaban J connectivity index is 1.53. The van der Waals surface area contributed by atoms with Crippen LogP contribution >= 0.6 is 11.6 Å². The van der Waals surface area contributed by atoms with Crippen molar-refractivity contribution in [3.63, 3.8) is 0 Å². The predicted molar refractivity (Wildman–Crippen MR) is 122 cm³/mol. The van der Waals surface area contributed by atoms with Crippen LogP contribution in [0, 0.1) is 11.2 Å². The number of hydrogen-bond acceptors (Lipinski definition) is 3. The zero-order valence-electron chi connectivity index (χ0n) is 18.0. The van der Waals surface area contributed by atoms with E-state index in [1.165, 1.54) is 24.3 Å². The Bertz CT molecular complexity index is 982. The van der Waals surface area contributed by atoms with Crippen LogP contribution in [0.2, 0.25) is 5.02 Å². The predicted octanol–water partition coefficient (Wildman–Crippen LogP) is 5.08. The number of halogens is 2. The molecule has 1 spiro atoms. The molecule has 170 valence electrons. The van der Waals surface area contributed by atoms with Gasteiger partial charge in [-0.15, -0.1) is 0 Å². The number of piperidine rings is 1. The zero-order chi connectivity index (χ0) is 22.6. The molecule has 1 atom stereocenters. The van der Waals surface area contributed by atoms with Crippen LogP contribution in [0.15, 0.2) is 42.5 Å². The van der Waals surface area contributed by atoms with Gasteiger partial charge < -0.3 is 15.0 Å². The van der Waals surface area contributed by atoms with Crippen molar-refractivity contribution in [3.05, 3.63) is 64.4 Å². The first kappa shape index (κ1) is 22.6. The first-order chi connectivity index (χ1) is 15.5. The van der Waals surface area contributed by atoms with E-state index in [-0.39, 0.29) is 23.0 Å². The molecule has 2 aliphatic heterocycles. The second kappa shape index (κ2) is 9.90. The maximum absolute atomic E-state index is 13.3. The van der Waals surface area contributed by atoms with Gasteiger partial charge in [-0.2, -0.15) is 0 Å². The van der Waals surface area contributed by atoms with Crippen LogP contribution in [0.3, 0.4) is 0 Å². The Morgan fingerprint density at radius 2 is 1.84 bits per heavy atom. The number of hydrogen-bond donors (Lipinski definition) is 1. The lowest BCUT2D eigenvalue weighted by molar-refractivity contribution is 0.0468. The van der Waals surface area contributed by atoms with Gasteiger partial charge in [0.05, 0.1) is 12.2 Å². The van der Waals surface area contributed by atoms with Crippen molar-refractivity contribution in [2.75, 3.05) is 26.2 Å². The molecule has 32 heavy (non-hydrogen) atoms. The topological polar surface area (TPSA) is 58.6 Å². The molecule has 1 fully saturated rings. The van der Waals surface area contributed by atoms with E-state index in [0.717, 1.165) is 38.5 Å². The summed E-state index contributed by atoms with van der Waals surface area (Å²) in [5.74, 6) is -0.127. The standard InChI is InChI=1S/C25H28ClFN2O3/c26-19-7-10-22-21(15-19)23(30)28-16-25(11-2-1-3-14-32-22)12-4-13-29(17-25)24(31)18-5-8-20(27)9-6-18/h5-10,15H,1-4,11-14,16-17H2,(H,28,30). The number of ether oxygens (including phenoxy) is 1. The van der Waals surface area contributed by atoms with Crippen molar-refractivity contribution in [1.29, 1.82) is 0 Å². The number of benzene rings is 2. The highest BCUT2D eigenvalue weighted by Crippen LogP contribution is 2.36. The molecule has 1 N–H and O–H groups in total. The molecule has 0 aliphatic carbocycles. The summed E-state index contributed by atoms with van der Waals surface area (Å²) in [5, 5.41) is 3.57. The molecule has 2 aliphatic rings. The number of likely N-dealkylation sites (tertiary alicyclic amines) is 1. The maximum atomic E-state index is 13.3. The lowest BCUT2D eigenvalue weighted by Gasteiger charge is -2.43. The molecule has 7 heteroatoms. The number of nitrogens with zero attached hydrogens (tertiary/aromatic N) is 1. The number of rotatable bonds is 1. The van der Waals surface area contributed by atoms with Gasteiger partial charge in [-0.05, 0) is 68.1 Å². The third-order valence-corrected chi connectivity index (χ3v) is 6.69. The van der Waals surface area contributed by atoms with Crippen molar-refractivity contribution in [1.82, 2.24) is 10.2 Å². The van der Waals surface area contributed by atoms with Gasteiger partial charge in [0.1, 0.15) is 11.6 Å². The Morgan fingerprint density at radius 1 is 1.06 bits per heavy atom. The van der Waals surface area contributed by atoms with E-state index in [2.05, 4.69) is 5.32 Å². The van der Waals surface area contributed by atoms with Crippen molar-refractivity contribution < 1.29 is 18.7 Å². The molecule has 4 rings (SSSR count). The minimum atomic E-state index is -0.358. The van der Waals surface area contributed by atoms with Crippen LogP contribution in [0.4, 0.5) is 4.39 Å². The molecular formula is C25H28ClFN2O3. The Morgan fingerprint density at radius 3 is 2.66 bits per heavy atom. The average Bonchev–Trinajstić information content (AvgIpc) is 2.80.